The van der Waals surface area contributed by atoms with E-state index < -0.39 is 0 Å². The van der Waals surface area contributed by atoms with Crippen LogP contribution in [0, 0.1) is 5.92 Å². The highest BCUT2D eigenvalue weighted by molar-refractivity contribution is 7.14. The van der Waals surface area contributed by atoms with Gasteiger partial charge in [0, 0.05) is 37.6 Å². The second kappa shape index (κ2) is 6.98. The molecule has 24 heavy (non-hydrogen) atoms. The molecule has 3 nitrogen and oxygen atoms in total. The van der Waals surface area contributed by atoms with E-state index >= 15 is 0 Å². The predicted molar refractivity (Wildman–Crippen MR) is 101 cm³/mol. The van der Waals surface area contributed by atoms with E-state index in [0.29, 0.717) is 0 Å². The Morgan fingerprint density at radius 2 is 2.12 bits per heavy atom. The molecule has 1 aliphatic heterocycles. The van der Waals surface area contributed by atoms with E-state index in [9.17, 15) is 4.79 Å². The Morgan fingerprint density at radius 1 is 1.29 bits per heavy atom. The average molecular weight is 361 g/mol. The van der Waals surface area contributed by atoms with E-state index in [1.807, 2.05) is 4.90 Å². The molecular weight excluding hydrogens is 336 g/mol. The molecule has 0 saturated carbocycles. The highest BCUT2D eigenvalue weighted by Crippen LogP contribution is 2.32. The molecular formula is C19H24N2OS2. The SMILES string of the molecule is C[C@@H]1CCc2sc(C(=O)N3CCN(Cc4ccsc4)CC3)cc2C1. The molecule has 1 amide bonds. The fourth-order valence-corrected chi connectivity index (χ4v) is 5.55. The van der Waals surface area contributed by atoms with Gasteiger partial charge in [0.25, 0.3) is 5.91 Å². The second-order valence-corrected chi connectivity index (χ2v) is 9.02. The topological polar surface area (TPSA) is 23.6 Å². The molecule has 1 saturated heterocycles. The van der Waals surface area contributed by atoms with E-state index in [-0.39, 0.29) is 5.91 Å². The molecule has 0 radical (unpaired) electrons. The lowest BCUT2D eigenvalue weighted by atomic mass is 9.90. The van der Waals surface area contributed by atoms with Crippen molar-refractivity contribution < 1.29 is 4.79 Å². The molecule has 0 bridgehead atoms. The molecule has 0 unspecified atom stereocenters. The Morgan fingerprint density at radius 3 is 2.88 bits per heavy atom. The zero-order valence-electron chi connectivity index (χ0n) is 14.2. The lowest BCUT2D eigenvalue weighted by Crippen LogP contribution is -2.48. The van der Waals surface area contributed by atoms with Gasteiger partial charge in [0.1, 0.15) is 0 Å². The number of nitrogens with zero attached hydrogens (tertiary/aromatic N) is 2. The van der Waals surface area contributed by atoms with Gasteiger partial charge in [-0.1, -0.05) is 6.92 Å². The number of amides is 1. The summed E-state index contributed by atoms with van der Waals surface area (Å²) in [5.74, 6) is 1.01. The number of rotatable bonds is 3. The van der Waals surface area contributed by atoms with E-state index in [1.54, 1.807) is 22.7 Å². The fourth-order valence-electron chi connectivity index (χ4n) is 3.72. The first-order chi connectivity index (χ1) is 11.7. The van der Waals surface area contributed by atoms with E-state index in [0.717, 1.165) is 56.4 Å². The molecule has 5 heteroatoms. The third kappa shape index (κ3) is 3.44. The summed E-state index contributed by atoms with van der Waals surface area (Å²) in [6, 6.07) is 4.37. The van der Waals surface area contributed by atoms with Crippen molar-refractivity contribution in [2.75, 3.05) is 26.2 Å². The minimum atomic E-state index is 0.247. The first kappa shape index (κ1) is 16.3. The third-order valence-electron chi connectivity index (χ3n) is 5.19. The van der Waals surface area contributed by atoms with Gasteiger partial charge in [0.15, 0.2) is 0 Å². The number of aryl methyl sites for hydroxylation is 1. The van der Waals surface area contributed by atoms with Crippen molar-refractivity contribution in [2.45, 2.75) is 32.7 Å². The normalized spacial score (nSPS) is 21.7. The molecule has 0 N–H and O–H groups in total. The second-order valence-electron chi connectivity index (χ2n) is 7.11. The maximum absolute atomic E-state index is 12.8. The summed E-state index contributed by atoms with van der Waals surface area (Å²) in [6.07, 6.45) is 3.57. The largest absolute Gasteiger partial charge is 0.335 e. The first-order valence-corrected chi connectivity index (χ1v) is 10.6. The van der Waals surface area contributed by atoms with Crippen molar-refractivity contribution in [3.8, 4) is 0 Å². The van der Waals surface area contributed by atoms with Gasteiger partial charge in [-0.05, 0) is 59.2 Å². The number of piperazine rings is 1. The van der Waals surface area contributed by atoms with Gasteiger partial charge in [-0.2, -0.15) is 11.3 Å². The summed E-state index contributed by atoms with van der Waals surface area (Å²) in [6.45, 7) is 6.98. The van der Waals surface area contributed by atoms with Crippen molar-refractivity contribution >= 4 is 28.6 Å². The number of hydrogen-bond donors (Lipinski definition) is 0. The summed E-state index contributed by atoms with van der Waals surface area (Å²) < 4.78 is 0. The Kier molecular flexibility index (Phi) is 4.74. The molecule has 1 aliphatic carbocycles. The monoisotopic (exact) mass is 360 g/mol. The number of carbonyl (C=O) groups excluding carboxylic acids is 1. The van der Waals surface area contributed by atoms with Crippen molar-refractivity contribution in [2.24, 2.45) is 5.92 Å². The highest BCUT2D eigenvalue weighted by Gasteiger charge is 2.26. The standard InChI is InChI=1S/C19H24N2OS2/c1-14-2-3-17-16(10-14)11-18(24-17)19(22)21-7-5-20(6-8-21)12-15-4-9-23-13-15/h4,9,11,13-14H,2-3,5-8,10,12H2,1H3/t14-/m1/s1. The van der Waals surface area contributed by atoms with E-state index in [4.69, 9.17) is 0 Å². The van der Waals surface area contributed by atoms with Gasteiger partial charge in [0.2, 0.25) is 0 Å². The molecule has 3 heterocycles. The van der Waals surface area contributed by atoms with Gasteiger partial charge >= 0.3 is 0 Å². The molecule has 0 aromatic carbocycles. The van der Waals surface area contributed by atoms with Gasteiger partial charge in [-0.25, -0.2) is 0 Å². The molecule has 2 aliphatic rings. The Labute approximate surface area is 151 Å². The highest BCUT2D eigenvalue weighted by atomic mass is 32.1. The number of thiophene rings is 2. The minimum Gasteiger partial charge on any atom is -0.335 e. The summed E-state index contributed by atoms with van der Waals surface area (Å²) in [4.78, 5) is 19.8. The molecule has 2 aromatic rings. The maximum Gasteiger partial charge on any atom is 0.264 e. The number of hydrogen-bond acceptors (Lipinski definition) is 4. The van der Waals surface area contributed by atoms with Crippen LogP contribution in [-0.4, -0.2) is 41.9 Å². The van der Waals surface area contributed by atoms with Crippen LogP contribution in [0.5, 0.6) is 0 Å². The lowest BCUT2D eigenvalue weighted by Gasteiger charge is -2.34. The smallest absolute Gasteiger partial charge is 0.264 e. The summed E-state index contributed by atoms with van der Waals surface area (Å²) in [5, 5.41) is 4.35. The van der Waals surface area contributed by atoms with Crippen LogP contribution in [0.25, 0.3) is 0 Å². The molecule has 1 atom stereocenters. The Balaban J connectivity index is 1.36. The maximum atomic E-state index is 12.8. The van der Waals surface area contributed by atoms with Crippen LogP contribution in [0.4, 0.5) is 0 Å². The number of carbonyl (C=O) groups is 1. The molecule has 128 valence electrons. The lowest BCUT2D eigenvalue weighted by molar-refractivity contribution is 0.0633. The predicted octanol–water partition coefficient (Wildman–Crippen LogP) is 3.89. The Bertz CT molecular complexity index is 699. The van der Waals surface area contributed by atoms with Gasteiger partial charge in [-0.3, -0.25) is 9.69 Å². The van der Waals surface area contributed by atoms with Crippen LogP contribution < -0.4 is 0 Å². The molecule has 2 aromatic heterocycles. The zero-order valence-corrected chi connectivity index (χ0v) is 15.8. The molecule has 1 fully saturated rings. The average Bonchev–Trinajstić information content (AvgIpc) is 3.24. The third-order valence-corrected chi connectivity index (χ3v) is 7.14. The van der Waals surface area contributed by atoms with Crippen molar-refractivity contribution in [3.05, 3.63) is 43.8 Å². The fraction of sp³-hybridized carbons (Fsp3) is 0.526. The zero-order chi connectivity index (χ0) is 16.5. The van der Waals surface area contributed by atoms with Crippen LogP contribution in [-0.2, 0) is 19.4 Å². The Hall–Kier alpha value is -1.17. The van der Waals surface area contributed by atoms with Crippen molar-refractivity contribution in [1.29, 1.82) is 0 Å². The van der Waals surface area contributed by atoms with Gasteiger partial charge in [0.05, 0.1) is 4.88 Å². The van der Waals surface area contributed by atoms with Crippen LogP contribution in [0.15, 0.2) is 22.9 Å². The minimum absolute atomic E-state index is 0.247. The quantitative estimate of drug-likeness (QED) is 0.829. The molecule has 4 rings (SSSR count). The van der Waals surface area contributed by atoms with E-state index in [2.05, 4.69) is 34.7 Å². The van der Waals surface area contributed by atoms with Crippen LogP contribution in [0.3, 0.4) is 0 Å². The first-order valence-electron chi connectivity index (χ1n) is 8.83. The summed E-state index contributed by atoms with van der Waals surface area (Å²) in [5.41, 5.74) is 2.82. The van der Waals surface area contributed by atoms with Crippen LogP contribution in [0.2, 0.25) is 0 Å². The summed E-state index contributed by atoms with van der Waals surface area (Å²) >= 11 is 3.49. The van der Waals surface area contributed by atoms with Crippen molar-refractivity contribution in [3.63, 3.8) is 0 Å². The van der Waals surface area contributed by atoms with Crippen LogP contribution in [0.1, 0.15) is 39.0 Å². The van der Waals surface area contributed by atoms with E-state index in [1.165, 1.54) is 22.4 Å². The molecule has 0 spiro atoms. The summed E-state index contributed by atoms with van der Waals surface area (Å²) in [7, 11) is 0. The van der Waals surface area contributed by atoms with Gasteiger partial charge in [-0.15, -0.1) is 11.3 Å². The van der Waals surface area contributed by atoms with Gasteiger partial charge < -0.3 is 4.90 Å². The van der Waals surface area contributed by atoms with Crippen molar-refractivity contribution in [1.82, 2.24) is 9.80 Å². The van der Waals surface area contributed by atoms with Crippen LogP contribution >= 0.6 is 22.7 Å². The number of fused-ring (bicyclic) bond motifs is 1.